The first-order valence-electron chi connectivity index (χ1n) is 9.83. The third-order valence-electron chi connectivity index (χ3n) is 5.12. The molecule has 2 heterocycles. The van der Waals surface area contributed by atoms with Gasteiger partial charge in [-0.2, -0.15) is 0 Å². The standard InChI is InChI=1S/C19H31N5O2S/c1-2-20-19(21-9-11-23-12-14-27(25,26)15-13-23)22-17-8-10-24(16-17)18-6-4-3-5-7-18/h3-7,17H,2,8-16H2,1H3,(H2,20,21,22). The van der Waals surface area contributed by atoms with E-state index in [0.29, 0.717) is 25.7 Å². The number of anilines is 1. The van der Waals surface area contributed by atoms with E-state index in [0.717, 1.165) is 38.6 Å². The second-order valence-electron chi connectivity index (χ2n) is 7.17. The lowest BCUT2D eigenvalue weighted by atomic mass is 10.3. The molecule has 0 aromatic heterocycles. The molecular weight excluding hydrogens is 362 g/mol. The van der Waals surface area contributed by atoms with Gasteiger partial charge >= 0.3 is 0 Å². The van der Waals surface area contributed by atoms with Gasteiger partial charge in [-0.05, 0) is 25.5 Å². The van der Waals surface area contributed by atoms with Gasteiger partial charge in [0, 0.05) is 51.0 Å². The van der Waals surface area contributed by atoms with Crippen LogP contribution in [0.15, 0.2) is 35.3 Å². The molecule has 0 bridgehead atoms. The lowest BCUT2D eigenvalue weighted by molar-refractivity contribution is 0.304. The van der Waals surface area contributed by atoms with Crippen LogP contribution in [0.4, 0.5) is 5.69 Å². The van der Waals surface area contributed by atoms with Crippen molar-refractivity contribution in [1.29, 1.82) is 0 Å². The van der Waals surface area contributed by atoms with Gasteiger partial charge in [-0.15, -0.1) is 0 Å². The van der Waals surface area contributed by atoms with E-state index in [-0.39, 0.29) is 11.5 Å². The fourth-order valence-electron chi connectivity index (χ4n) is 3.54. The predicted octanol–water partition coefficient (Wildman–Crippen LogP) is 0.551. The van der Waals surface area contributed by atoms with Crippen LogP contribution in [0.3, 0.4) is 0 Å². The average molecular weight is 394 g/mol. The maximum absolute atomic E-state index is 11.5. The van der Waals surface area contributed by atoms with Gasteiger partial charge in [-0.3, -0.25) is 9.89 Å². The number of rotatable bonds is 6. The molecule has 2 aliphatic heterocycles. The van der Waals surface area contributed by atoms with E-state index in [1.807, 2.05) is 6.07 Å². The second kappa shape index (κ2) is 9.41. The largest absolute Gasteiger partial charge is 0.369 e. The fourth-order valence-corrected chi connectivity index (χ4v) is 4.82. The van der Waals surface area contributed by atoms with Crippen molar-refractivity contribution in [2.45, 2.75) is 19.4 Å². The molecule has 2 N–H and O–H groups in total. The Balaban J connectivity index is 1.46. The summed E-state index contributed by atoms with van der Waals surface area (Å²) in [5, 5.41) is 6.87. The SMILES string of the molecule is CCNC(=NCCN1CCS(=O)(=O)CC1)NC1CCN(c2ccccc2)C1. The highest BCUT2D eigenvalue weighted by Crippen LogP contribution is 2.19. The van der Waals surface area contributed by atoms with Gasteiger partial charge in [0.15, 0.2) is 15.8 Å². The summed E-state index contributed by atoms with van der Waals surface area (Å²) in [6.07, 6.45) is 1.09. The number of para-hydroxylation sites is 1. The van der Waals surface area contributed by atoms with E-state index in [1.165, 1.54) is 5.69 Å². The highest BCUT2D eigenvalue weighted by molar-refractivity contribution is 7.91. The smallest absolute Gasteiger partial charge is 0.191 e. The van der Waals surface area contributed by atoms with E-state index >= 15 is 0 Å². The van der Waals surface area contributed by atoms with Gasteiger partial charge in [-0.1, -0.05) is 18.2 Å². The Hall–Kier alpha value is -1.80. The number of nitrogens with one attached hydrogen (secondary N) is 2. The maximum Gasteiger partial charge on any atom is 0.191 e. The summed E-state index contributed by atoms with van der Waals surface area (Å²) in [6, 6.07) is 10.9. The van der Waals surface area contributed by atoms with Crippen molar-refractivity contribution in [3.8, 4) is 0 Å². The summed E-state index contributed by atoms with van der Waals surface area (Å²) in [5.74, 6) is 1.39. The minimum Gasteiger partial charge on any atom is -0.369 e. The zero-order valence-corrected chi connectivity index (χ0v) is 16.9. The van der Waals surface area contributed by atoms with Crippen molar-refractivity contribution in [2.75, 3.05) is 62.2 Å². The molecule has 2 fully saturated rings. The highest BCUT2D eigenvalue weighted by atomic mass is 32.2. The third kappa shape index (κ3) is 6.10. The van der Waals surface area contributed by atoms with Crippen molar-refractivity contribution in [1.82, 2.24) is 15.5 Å². The molecule has 1 atom stereocenters. The highest BCUT2D eigenvalue weighted by Gasteiger charge is 2.24. The molecule has 27 heavy (non-hydrogen) atoms. The van der Waals surface area contributed by atoms with E-state index < -0.39 is 9.84 Å². The van der Waals surface area contributed by atoms with Crippen molar-refractivity contribution in [3.05, 3.63) is 30.3 Å². The van der Waals surface area contributed by atoms with Crippen LogP contribution in [0, 0.1) is 0 Å². The second-order valence-corrected chi connectivity index (χ2v) is 9.47. The molecule has 1 unspecified atom stereocenters. The van der Waals surface area contributed by atoms with E-state index in [4.69, 9.17) is 0 Å². The molecule has 2 aliphatic rings. The van der Waals surface area contributed by atoms with Crippen LogP contribution in [-0.4, -0.2) is 82.6 Å². The number of aliphatic imine (C=N–C) groups is 1. The summed E-state index contributed by atoms with van der Waals surface area (Å²) in [7, 11) is -2.82. The summed E-state index contributed by atoms with van der Waals surface area (Å²) < 4.78 is 23.0. The number of hydrogen-bond acceptors (Lipinski definition) is 5. The molecule has 0 radical (unpaired) electrons. The van der Waals surface area contributed by atoms with Gasteiger partial charge in [0.1, 0.15) is 0 Å². The van der Waals surface area contributed by atoms with Crippen LogP contribution in [0.1, 0.15) is 13.3 Å². The van der Waals surface area contributed by atoms with E-state index in [2.05, 4.69) is 56.6 Å². The van der Waals surface area contributed by atoms with Crippen molar-refractivity contribution in [2.24, 2.45) is 4.99 Å². The molecule has 0 aliphatic carbocycles. The Morgan fingerprint density at radius 1 is 1.19 bits per heavy atom. The quantitative estimate of drug-likeness (QED) is 0.543. The Morgan fingerprint density at radius 2 is 1.93 bits per heavy atom. The van der Waals surface area contributed by atoms with Crippen LogP contribution >= 0.6 is 0 Å². The number of sulfone groups is 1. The van der Waals surface area contributed by atoms with Crippen molar-refractivity contribution < 1.29 is 8.42 Å². The summed E-state index contributed by atoms with van der Waals surface area (Å²) in [5.41, 5.74) is 1.27. The van der Waals surface area contributed by atoms with Gasteiger partial charge in [0.2, 0.25) is 0 Å². The number of benzene rings is 1. The molecule has 0 spiro atoms. The average Bonchev–Trinajstić information content (AvgIpc) is 3.12. The first-order valence-corrected chi connectivity index (χ1v) is 11.7. The predicted molar refractivity (Wildman–Crippen MR) is 111 cm³/mol. The Labute approximate surface area is 162 Å². The Kier molecular flexibility index (Phi) is 6.95. The molecule has 0 amide bonds. The first-order chi connectivity index (χ1) is 13.1. The summed E-state index contributed by atoms with van der Waals surface area (Å²) >= 11 is 0. The van der Waals surface area contributed by atoms with Crippen LogP contribution < -0.4 is 15.5 Å². The summed E-state index contributed by atoms with van der Waals surface area (Å²) in [6.45, 7) is 7.62. The van der Waals surface area contributed by atoms with Crippen molar-refractivity contribution in [3.63, 3.8) is 0 Å². The molecule has 150 valence electrons. The lowest BCUT2D eigenvalue weighted by Gasteiger charge is -2.26. The monoisotopic (exact) mass is 393 g/mol. The number of hydrogen-bond donors (Lipinski definition) is 2. The number of nitrogens with zero attached hydrogens (tertiary/aromatic N) is 3. The van der Waals surface area contributed by atoms with E-state index in [1.54, 1.807) is 0 Å². The molecule has 1 aromatic rings. The minimum atomic E-state index is -2.82. The van der Waals surface area contributed by atoms with Gasteiger partial charge in [0.05, 0.1) is 18.1 Å². The molecule has 0 saturated carbocycles. The fraction of sp³-hybridized carbons (Fsp3) is 0.632. The summed E-state index contributed by atoms with van der Waals surface area (Å²) in [4.78, 5) is 9.27. The topological polar surface area (TPSA) is 77.0 Å². The zero-order valence-electron chi connectivity index (χ0n) is 16.1. The lowest BCUT2D eigenvalue weighted by Crippen LogP contribution is -2.45. The molecule has 8 heteroatoms. The third-order valence-corrected chi connectivity index (χ3v) is 6.73. The minimum absolute atomic E-state index is 0.270. The van der Waals surface area contributed by atoms with Gasteiger partial charge in [-0.25, -0.2) is 8.42 Å². The van der Waals surface area contributed by atoms with Gasteiger partial charge < -0.3 is 15.5 Å². The normalized spacial score (nSPS) is 23.4. The molecule has 2 saturated heterocycles. The van der Waals surface area contributed by atoms with E-state index in [9.17, 15) is 8.42 Å². The van der Waals surface area contributed by atoms with Crippen molar-refractivity contribution >= 4 is 21.5 Å². The van der Waals surface area contributed by atoms with Gasteiger partial charge in [0.25, 0.3) is 0 Å². The van der Waals surface area contributed by atoms with Crippen LogP contribution in [0.25, 0.3) is 0 Å². The zero-order chi connectivity index (χ0) is 19.1. The molecule has 3 rings (SSSR count). The molecule has 7 nitrogen and oxygen atoms in total. The molecular formula is C19H31N5O2S. The van der Waals surface area contributed by atoms with Crippen LogP contribution in [-0.2, 0) is 9.84 Å². The Morgan fingerprint density at radius 3 is 2.63 bits per heavy atom. The maximum atomic E-state index is 11.5. The Bertz CT molecular complexity index is 709. The van der Waals surface area contributed by atoms with Crippen LogP contribution in [0.5, 0.6) is 0 Å². The van der Waals surface area contributed by atoms with Crippen LogP contribution in [0.2, 0.25) is 0 Å². The number of guanidine groups is 1. The first kappa shape index (κ1) is 19.9. The molecule has 1 aromatic carbocycles.